The highest BCUT2D eigenvalue weighted by Gasteiger charge is 2.40. The summed E-state index contributed by atoms with van der Waals surface area (Å²) in [6.45, 7) is 10.7. The Labute approximate surface area is 238 Å². The minimum atomic E-state index is -0.572. The van der Waals surface area contributed by atoms with E-state index in [1.54, 1.807) is 24.1 Å². The summed E-state index contributed by atoms with van der Waals surface area (Å²) in [6, 6.07) is 8.90. The molecule has 0 aliphatic carbocycles. The predicted molar refractivity (Wildman–Crippen MR) is 153 cm³/mol. The fraction of sp³-hybridized carbons (Fsp3) is 0.464. The summed E-state index contributed by atoms with van der Waals surface area (Å²) in [7, 11) is 1.58. The van der Waals surface area contributed by atoms with Gasteiger partial charge in [-0.05, 0) is 58.9 Å². The number of anilines is 2. The maximum atomic E-state index is 12.8. The van der Waals surface area contributed by atoms with Gasteiger partial charge in [0.15, 0.2) is 11.5 Å². The van der Waals surface area contributed by atoms with Crippen LogP contribution in [0.5, 0.6) is 11.5 Å². The van der Waals surface area contributed by atoms with Crippen LogP contribution < -0.4 is 14.8 Å². The van der Waals surface area contributed by atoms with Crippen molar-refractivity contribution >= 4 is 51.7 Å². The smallest absolute Gasteiger partial charge is 0.410 e. The van der Waals surface area contributed by atoms with Crippen molar-refractivity contribution in [3.63, 3.8) is 0 Å². The number of carbonyl (C=O) groups excluding carboxylic acids is 1. The SMILES string of the molecule is COc1cc2c(Nc3ccc(Cl)c(Cl)c3)ncnc2cc1OCCC1CN(C(=O)OC(C)(C)C)C(C)(C)CO1. The second kappa shape index (κ2) is 11.6. The third-order valence-electron chi connectivity index (χ3n) is 6.20. The molecule has 0 saturated carbocycles. The van der Waals surface area contributed by atoms with Gasteiger partial charge in [-0.2, -0.15) is 0 Å². The lowest BCUT2D eigenvalue weighted by molar-refractivity contribution is -0.103. The van der Waals surface area contributed by atoms with Crippen LogP contribution in [0.25, 0.3) is 10.9 Å². The van der Waals surface area contributed by atoms with Gasteiger partial charge in [-0.25, -0.2) is 14.8 Å². The van der Waals surface area contributed by atoms with E-state index in [2.05, 4.69) is 15.3 Å². The number of amides is 1. The number of carbonyl (C=O) groups is 1. The molecule has 1 N–H and O–H groups in total. The van der Waals surface area contributed by atoms with E-state index in [0.29, 0.717) is 59.1 Å². The summed E-state index contributed by atoms with van der Waals surface area (Å²) in [4.78, 5) is 23.4. The quantitative estimate of drug-likeness (QED) is 0.325. The van der Waals surface area contributed by atoms with E-state index >= 15 is 0 Å². The van der Waals surface area contributed by atoms with Crippen molar-refractivity contribution in [2.75, 3.05) is 32.2 Å². The van der Waals surface area contributed by atoms with E-state index in [-0.39, 0.29) is 12.2 Å². The first-order valence-electron chi connectivity index (χ1n) is 12.7. The zero-order valence-corrected chi connectivity index (χ0v) is 24.5. The summed E-state index contributed by atoms with van der Waals surface area (Å²) in [6.07, 6.45) is 1.51. The Morgan fingerprint density at radius 1 is 1.15 bits per heavy atom. The largest absolute Gasteiger partial charge is 0.493 e. The zero-order chi connectivity index (χ0) is 28.4. The van der Waals surface area contributed by atoms with Crippen LogP contribution in [0.3, 0.4) is 0 Å². The van der Waals surface area contributed by atoms with E-state index < -0.39 is 11.1 Å². The summed E-state index contributed by atoms with van der Waals surface area (Å²) in [5.74, 6) is 1.67. The van der Waals surface area contributed by atoms with E-state index in [4.69, 9.17) is 42.1 Å². The van der Waals surface area contributed by atoms with Crippen LogP contribution >= 0.6 is 23.2 Å². The number of fused-ring (bicyclic) bond motifs is 1. The van der Waals surface area contributed by atoms with Gasteiger partial charge in [0.1, 0.15) is 17.7 Å². The van der Waals surface area contributed by atoms with E-state index in [0.717, 1.165) is 11.1 Å². The highest BCUT2D eigenvalue weighted by molar-refractivity contribution is 6.42. The maximum absolute atomic E-state index is 12.8. The fourth-order valence-corrected chi connectivity index (χ4v) is 4.46. The molecule has 0 radical (unpaired) electrons. The molecular weight excluding hydrogens is 543 g/mol. The zero-order valence-electron chi connectivity index (χ0n) is 23.0. The first-order valence-corrected chi connectivity index (χ1v) is 13.4. The summed E-state index contributed by atoms with van der Waals surface area (Å²) < 4.78 is 23.4. The lowest BCUT2D eigenvalue weighted by Gasteiger charge is -2.45. The molecule has 4 rings (SSSR count). The minimum Gasteiger partial charge on any atom is -0.493 e. The Balaban J connectivity index is 1.45. The molecule has 1 aliphatic rings. The number of morpholine rings is 1. The van der Waals surface area contributed by atoms with Gasteiger partial charge in [-0.15, -0.1) is 0 Å². The van der Waals surface area contributed by atoms with E-state index in [1.165, 1.54) is 6.33 Å². The fourth-order valence-electron chi connectivity index (χ4n) is 4.16. The number of rotatable bonds is 7. The summed E-state index contributed by atoms with van der Waals surface area (Å²) >= 11 is 12.2. The molecule has 1 aliphatic heterocycles. The van der Waals surface area contributed by atoms with Gasteiger partial charge in [-0.3, -0.25) is 4.90 Å². The molecule has 1 atom stereocenters. The number of nitrogens with zero attached hydrogens (tertiary/aromatic N) is 3. The van der Waals surface area contributed by atoms with Gasteiger partial charge < -0.3 is 24.3 Å². The van der Waals surface area contributed by atoms with Crippen LogP contribution in [0.2, 0.25) is 10.0 Å². The number of halogens is 2. The van der Waals surface area contributed by atoms with Gasteiger partial charge in [0.05, 0.1) is 54.1 Å². The van der Waals surface area contributed by atoms with Crippen molar-refractivity contribution in [3.05, 3.63) is 46.7 Å². The van der Waals surface area contributed by atoms with Gasteiger partial charge in [0, 0.05) is 23.6 Å². The van der Waals surface area contributed by atoms with Crippen molar-refractivity contribution in [1.29, 1.82) is 0 Å². The second-order valence-corrected chi connectivity index (χ2v) is 11.8. The molecular formula is C28H34Cl2N4O5. The molecule has 210 valence electrons. The van der Waals surface area contributed by atoms with Gasteiger partial charge in [0.2, 0.25) is 0 Å². The molecule has 0 bridgehead atoms. The molecule has 3 aromatic rings. The monoisotopic (exact) mass is 576 g/mol. The molecule has 9 nitrogen and oxygen atoms in total. The molecule has 0 spiro atoms. The molecule has 1 aromatic heterocycles. The number of benzene rings is 2. The minimum absolute atomic E-state index is 0.193. The summed E-state index contributed by atoms with van der Waals surface area (Å²) in [5.41, 5.74) is 0.372. The van der Waals surface area contributed by atoms with Crippen molar-refractivity contribution in [2.24, 2.45) is 0 Å². The van der Waals surface area contributed by atoms with Gasteiger partial charge in [-0.1, -0.05) is 23.2 Å². The van der Waals surface area contributed by atoms with Crippen LogP contribution in [-0.2, 0) is 9.47 Å². The lowest BCUT2D eigenvalue weighted by atomic mass is 10.0. The molecule has 1 unspecified atom stereocenters. The van der Waals surface area contributed by atoms with Crippen LogP contribution in [0.1, 0.15) is 41.0 Å². The van der Waals surface area contributed by atoms with Crippen molar-refractivity contribution in [3.8, 4) is 11.5 Å². The molecule has 1 fully saturated rings. The van der Waals surface area contributed by atoms with Crippen molar-refractivity contribution in [2.45, 2.75) is 58.3 Å². The van der Waals surface area contributed by atoms with Crippen molar-refractivity contribution in [1.82, 2.24) is 14.9 Å². The standard InChI is InChI=1S/C28H34Cl2N4O5/c1-27(2,3)39-26(35)34-14-18(38-15-28(34,4)5)9-10-37-24-13-22-19(12-23(24)36-6)25(32-16-31-22)33-17-7-8-20(29)21(30)11-17/h7-8,11-13,16,18H,9-10,14-15H2,1-6H3,(H,31,32,33). The highest BCUT2D eigenvalue weighted by atomic mass is 35.5. The number of hydrogen-bond donors (Lipinski definition) is 1. The van der Waals surface area contributed by atoms with E-state index in [9.17, 15) is 4.79 Å². The van der Waals surface area contributed by atoms with Crippen molar-refractivity contribution < 1.29 is 23.7 Å². The highest BCUT2D eigenvalue weighted by Crippen LogP contribution is 2.36. The average Bonchev–Trinajstić information content (AvgIpc) is 2.85. The maximum Gasteiger partial charge on any atom is 0.410 e. The topological polar surface area (TPSA) is 95.0 Å². The predicted octanol–water partition coefficient (Wildman–Crippen LogP) is 6.87. The number of nitrogens with one attached hydrogen (secondary N) is 1. The Morgan fingerprint density at radius 3 is 2.62 bits per heavy atom. The van der Waals surface area contributed by atoms with Gasteiger partial charge >= 0.3 is 6.09 Å². The molecule has 39 heavy (non-hydrogen) atoms. The Bertz CT molecular complexity index is 1350. The molecule has 2 heterocycles. The lowest BCUT2D eigenvalue weighted by Crippen LogP contribution is -2.59. The van der Waals surface area contributed by atoms with Crippen LogP contribution in [0.4, 0.5) is 16.3 Å². The Morgan fingerprint density at radius 2 is 1.92 bits per heavy atom. The normalized spacial score (nSPS) is 17.1. The van der Waals surface area contributed by atoms with Gasteiger partial charge in [0.25, 0.3) is 0 Å². The Kier molecular flexibility index (Phi) is 8.63. The van der Waals surface area contributed by atoms with E-state index in [1.807, 2.05) is 52.8 Å². The first kappa shape index (κ1) is 29.0. The van der Waals surface area contributed by atoms with Crippen LogP contribution in [0.15, 0.2) is 36.7 Å². The first-order chi connectivity index (χ1) is 18.4. The second-order valence-electron chi connectivity index (χ2n) is 11.0. The summed E-state index contributed by atoms with van der Waals surface area (Å²) in [5, 5.41) is 4.91. The third-order valence-corrected chi connectivity index (χ3v) is 6.94. The van der Waals surface area contributed by atoms with Crippen LogP contribution in [-0.4, -0.2) is 65.1 Å². The Hall–Kier alpha value is -3.01. The third kappa shape index (κ3) is 7.15. The molecule has 2 aromatic carbocycles. The molecule has 11 heteroatoms. The number of hydrogen-bond acceptors (Lipinski definition) is 8. The number of aromatic nitrogens is 2. The molecule has 1 saturated heterocycles. The molecule has 1 amide bonds. The van der Waals surface area contributed by atoms with Crippen LogP contribution in [0, 0.1) is 0 Å². The number of methoxy groups -OCH3 is 1. The number of ether oxygens (including phenoxy) is 4. The average molecular weight is 578 g/mol.